The molecular formula is C13H16FN3. The zero-order valence-electron chi connectivity index (χ0n) is 10.00. The largest absolute Gasteiger partial charge is 0.345 e. The fraction of sp³-hybridized carbons (Fsp3) is 0.308. The summed E-state index contributed by atoms with van der Waals surface area (Å²) in [5, 5.41) is 3.32. The predicted molar refractivity (Wildman–Crippen MR) is 65.0 cm³/mol. The van der Waals surface area contributed by atoms with Gasteiger partial charge in [0.2, 0.25) is 0 Å². The van der Waals surface area contributed by atoms with E-state index in [4.69, 9.17) is 0 Å². The first-order chi connectivity index (χ1) is 8.15. The first-order valence-electron chi connectivity index (χ1n) is 5.64. The van der Waals surface area contributed by atoms with E-state index < -0.39 is 0 Å². The summed E-state index contributed by atoms with van der Waals surface area (Å²) in [4.78, 5) is 7.27. The van der Waals surface area contributed by atoms with E-state index in [2.05, 4.69) is 15.3 Å². The van der Waals surface area contributed by atoms with Crippen molar-refractivity contribution in [1.82, 2.24) is 15.3 Å². The van der Waals surface area contributed by atoms with Gasteiger partial charge in [0, 0.05) is 24.5 Å². The SMILES string of the molecule is Cc1ncc(CN[C@H](C)c2cccc(F)c2)[nH]1. The first-order valence-corrected chi connectivity index (χ1v) is 5.64. The van der Waals surface area contributed by atoms with Crippen molar-refractivity contribution in [2.75, 3.05) is 0 Å². The Morgan fingerprint density at radius 1 is 1.47 bits per heavy atom. The quantitative estimate of drug-likeness (QED) is 0.852. The zero-order chi connectivity index (χ0) is 12.3. The molecular weight excluding hydrogens is 217 g/mol. The summed E-state index contributed by atoms with van der Waals surface area (Å²) >= 11 is 0. The van der Waals surface area contributed by atoms with E-state index in [-0.39, 0.29) is 11.9 Å². The Hall–Kier alpha value is -1.68. The number of aryl methyl sites for hydroxylation is 1. The van der Waals surface area contributed by atoms with Crippen molar-refractivity contribution < 1.29 is 4.39 Å². The van der Waals surface area contributed by atoms with Crippen molar-refractivity contribution in [2.45, 2.75) is 26.4 Å². The van der Waals surface area contributed by atoms with Gasteiger partial charge in [0.25, 0.3) is 0 Å². The molecule has 3 nitrogen and oxygen atoms in total. The predicted octanol–water partition coefficient (Wildman–Crippen LogP) is 2.71. The van der Waals surface area contributed by atoms with E-state index >= 15 is 0 Å². The van der Waals surface area contributed by atoms with Gasteiger partial charge >= 0.3 is 0 Å². The Balaban J connectivity index is 1.95. The Kier molecular flexibility index (Phi) is 3.54. The van der Waals surface area contributed by atoms with Crippen molar-refractivity contribution in [2.24, 2.45) is 0 Å². The minimum Gasteiger partial charge on any atom is -0.345 e. The lowest BCUT2D eigenvalue weighted by Gasteiger charge is -2.13. The maximum absolute atomic E-state index is 13.1. The van der Waals surface area contributed by atoms with Crippen LogP contribution in [-0.4, -0.2) is 9.97 Å². The number of hydrogen-bond acceptors (Lipinski definition) is 2. The third-order valence-electron chi connectivity index (χ3n) is 2.70. The molecule has 4 heteroatoms. The Bertz CT molecular complexity index is 493. The number of halogens is 1. The monoisotopic (exact) mass is 233 g/mol. The number of imidazole rings is 1. The molecule has 2 N–H and O–H groups in total. The molecule has 0 aliphatic carbocycles. The summed E-state index contributed by atoms with van der Waals surface area (Å²) in [6.45, 7) is 4.62. The molecule has 0 bridgehead atoms. The Morgan fingerprint density at radius 3 is 2.94 bits per heavy atom. The molecule has 1 aromatic carbocycles. The molecule has 17 heavy (non-hydrogen) atoms. The number of hydrogen-bond donors (Lipinski definition) is 2. The lowest BCUT2D eigenvalue weighted by Crippen LogP contribution is -2.18. The van der Waals surface area contributed by atoms with Crippen LogP contribution in [0.4, 0.5) is 4.39 Å². The summed E-state index contributed by atoms with van der Waals surface area (Å²) in [5.74, 6) is 0.703. The molecule has 90 valence electrons. The lowest BCUT2D eigenvalue weighted by molar-refractivity contribution is 0.560. The molecule has 1 aromatic heterocycles. The van der Waals surface area contributed by atoms with Crippen LogP contribution in [0, 0.1) is 12.7 Å². The van der Waals surface area contributed by atoms with Crippen LogP contribution in [0.2, 0.25) is 0 Å². The maximum Gasteiger partial charge on any atom is 0.123 e. The number of H-pyrrole nitrogens is 1. The van der Waals surface area contributed by atoms with E-state index in [9.17, 15) is 4.39 Å². The summed E-state index contributed by atoms with van der Waals surface area (Å²) in [5.41, 5.74) is 1.98. The molecule has 0 saturated heterocycles. The summed E-state index contributed by atoms with van der Waals surface area (Å²) < 4.78 is 13.1. The van der Waals surface area contributed by atoms with E-state index in [1.54, 1.807) is 18.3 Å². The third kappa shape index (κ3) is 3.14. The highest BCUT2D eigenvalue weighted by Gasteiger charge is 2.06. The normalized spacial score (nSPS) is 12.6. The highest BCUT2D eigenvalue weighted by atomic mass is 19.1. The topological polar surface area (TPSA) is 40.7 Å². The number of nitrogens with one attached hydrogen (secondary N) is 2. The molecule has 0 fully saturated rings. The molecule has 1 atom stereocenters. The van der Waals surface area contributed by atoms with Crippen LogP contribution in [0.25, 0.3) is 0 Å². The van der Waals surface area contributed by atoms with Crippen LogP contribution in [0.15, 0.2) is 30.5 Å². The first kappa shape index (κ1) is 11.8. The molecule has 0 aliphatic rings. The van der Waals surface area contributed by atoms with E-state index in [1.165, 1.54) is 6.07 Å². The van der Waals surface area contributed by atoms with Crippen molar-refractivity contribution in [1.29, 1.82) is 0 Å². The van der Waals surface area contributed by atoms with Crippen molar-refractivity contribution in [3.05, 3.63) is 53.4 Å². The number of aromatic amines is 1. The minimum absolute atomic E-state index is 0.106. The van der Waals surface area contributed by atoms with Gasteiger partial charge in [-0.1, -0.05) is 12.1 Å². The highest BCUT2D eigenvalue weighted by molar-refractivity contribution is 5.19. The molecule has 0 amide bonds. The van der Waals surface area contributed by atoms with Crippen LogP contribution < -0.4 is 5.32 Å². The standard InChI is InChI=1S/C13H16FN3/c1-9(11-4-3-5-12(14)6-11)15-7-13-8-16-10(2)17-13/h3-6,8-9,15H,7H2,1-2H3,(H,16,17)/t9-/m1/s1. The van der Waals surface area contributed by atoms with E-state index in [0.29, 0.717) is 6.54 Å². The molecule has 1 heterocycles. The van der Waals surface area contributed by atoms with Crippen molar-refractivity contribution in [3.63, 3.8) is 0 Å². The van der Waals surface area contributed by atoms with Crippen LogP contribution in [-0.2, 0) is 6.54 Å². The van der Waals surface area contributed by atoms with Gasteiger partial charge < -0.3 is 10.3 Å². The second-order valence-electron chi connectivity index (χ2n) is 4.15. The van der Waals surface area contributed by atoms with Gasteiger partial charge in [0.1, 0.15) is 11.6 Å². The van der Waals surface area contributed by atoms with E-state index in [0.717, 1.165) is 17.1 Å². The van der Waals surface area contributed by atoms with E-state index in [1.807, 2.05) is 19.9 Å². The van der Waals surface area contributed by atoms with Crippen molar-refractivity contribution >= 4 is 0 Å². The summed E-state index contributed by atoms with van der Waals surface area (Å²) in [7, 11) is 0. The van der Waals surface area contributed by atoms with Gasteiger partial charge in [-0.2, -0.15) is 0 Å². The Morgan fingerprint density at radius 2 is 2.29 bits per heavy atom. The van der Waals surface area contributed by atoms with Crippen molar-refractivity contribution in [3.8, 4) is 0 Å². The zero-order valence-corrected chi connectivity index (χ0v) is 10.00. The molecule has 0 radical (unpaired) electrons. The average molecular weight is 233 g/mol. The van der Waals surface area contributed by atoms with Gasteiger partial charge in [-0.05, 0) is 31.5 Å². The molecule has 0 aliphatic heterocycles. The smallest absolute Gasteiger partial charge is 0.123 e. The van der Waals surface area contributed by atoms with Gasteiger partial charge in [0.05, 0.1) is 0 Å². The molecule has 0 unspecified atom stereocenters. The van der Waals surface area contributed by atoms with Gasteiger partial charge in [-0.25, -0.2) is 9.37 Å². The second-order valence-corrected chi connectivity index (χ2v) is 4.15. The number of aromatic nitrogens is 2. The molecule has 2 rings (SSSR count). The highest BCUT2D eigenvalue weighted by Crippen LogP contribution is 2.13. The molecule has 2 aromatic rings. The minimum atomic E-state index is -0.200. The van der Waals surface area contributed by atoms with Crippen LogP contribution >= 0.6 is 0 Å². The van der Waals surface area contributed by atoms with Gasteiger partial charge in [0.15, 0.2) is 0 Å². The molecule has 0 saturated carbocycles. The summed E-state index contributed by atoms with van der Waals surface area (Å²) in [6, 6.07) is 6.75. The third-order valence-corrected chi connectivity index (χ3v) is 2.70. The number of benzene rings is 1. The van der Waals surface area contributed by atoms with Crippen LogP contribution in [0.3, 0.4) is 0 Å². The average Bonchev–Trinajstić information content (AvgIpc) is 2.72. The fourth-order valence-corrected chi connectivity index (χ4v) is 1.72. The second kappa shape index (κ2) is 5.10. The molecule has 0 spiro atoms. The number of rotatable bonds is 4. The lowest BCUT2D eigenvalue weighted by atomic mass is 10.1. The van der Waals surface area contributed by atoms with Crippen LogP contribution in [0.1, 0.15) is 30.0 Å². The summed E-state index contributed by atoms with van der Waals surface area (Å²) in [6.07, 6.45) is 1.81. The maximum atomic E-state index is 13.1. The fourth-order valence-electron chi connectivity index (χ4n) is 1.72. The van der Waals surface area contributed by atoms with Gasteiger partial charge in [-0.3, -0.25) is 0 Å². The van der Waals surface area contributed by atoms with Crippen LogP contribution in [0.5, 0.6) is 0 Å². The Labute approximate surface area is 100 Å². The number of nitrogens with zero attached hydrogens (tertiary/aromatic N) is 1. The van der Waals surface area contributed by atoms with Gasteiger partial charge in [-0.15, -0.1) is 0 Å².